The molecular weight excluding hydrogens is 240 g/mol. The normalized spacial score (nSPS) is 15.1. The average Bonchev–Trinajstić information content (AvgIpc) is 2.76. The zero-order chi connectivity index (χ0) is 12.1. The van der Waals surface area contributed by atoms with Crippen LogP contribution in [-0.2, 0) is 9.53 Å². The van der Waals surface area contributed by atoms with E-state index in [1.54, 1.807) is 11.4 Å². The quantitative estimate of drug-likeness (QED) is 0.798. The van der Waals surface area contributed by atoms with Gasteiger partial charge in [-0.15, -0.1) is 0 Å². The van der Waals surface area contributed by atoms with Crippen LogP contribution in [0.5, 0.6) is 0 Å². The van der Waals surface area contributed by atoms with Gasteiger partial charge in [0.25, 0.3) is 5.91 Å². The predicted molar refractivity (Wildman–Crippen MR) is 64.0 cm³/mol. The molecule has 0 aliphatic carbocycles. The van der Waals surface area contributed by atoms with Crippen molar-refractivity contribution in [1.82, 2.24) is 10.6 Å². The number of hydrogen-bond donors (Lipinski definition) is 2. The number of ether oxygens (including phenoxy) is 1. The Bertz CT molecular complexity index is 387. The first-order chi connectivity index (χ1) is 8.25. The molecule has 2 amide bonds. The second-order valence-corrected chi connectivity index (χ2v) is 4.60. The van der Waals surface area contributed by atoms with Gasteiger partial charge in [-0.3, -0.25) is 9.59 Å². The minimum Gasteiger partial charge on any atom is -0.377 e. The molecule has 1 aromatic rings. The maximum absolute atomic E-state index is 11.5. The van der Waals surface area contributed by atoms with Crippen molar-refractivity contribution in [2.24, 2.45) is 0 Å². The van der Waals surface area contributed by atoms with Crippen LogP contribution >= 0.6 is 11.3 Å². The number of rotatable bonds is 5. The summed E-state index contributed by atoms with van der Waals surface area (Å²) in [6, 6.07) is 1.90. The number of thiophene rings is 1. The van der Waals surface area contributed by atoms with Crippen molar-refractivity contribution in [3.05, 3.63) is 22.4 Å². The molecule has 0 spiro atoms. The fourth-order valence-corrected chi connectivity index (χ4v) is 2.04. The molecule has 1 fully saturated rings. The maximum atomic E-state index is 11.5. The molecule has 0 saturated carbocycles. The topological polar surface area (TPSA) is 67.4 Å². The summed E-state index contributed by atoms with van der Waals surface area (Å²) in [5.41, 5.74) is 0.641. The summed E-state index contributed by atoms with van der Waals surface area (Å²) in [5, 5.41) is 9.14. The van der Waals surface area contributed by atoms with Crippen LogP contribution in [0.2, 0.25) is 0 Å². The van der Waals surface area contributed by atoms with E-state index in [2.05, 4.69) is 10.6 Å². The molecule has 1 aliphatic heterocycles. The van der Waals surface area contributed by atoms with Crippen molar-refractivity contribution in [1.29, 1.82) is 0 Å². The van der Waals surface area contributed by atoms with E-state index in [-0.39, 0.29) is 17.9 Å². The molecule has 1 aliphatic rings. The fraction of sp³-hybridized carbons (Fsp3) is 0.455. The van der Waals surface area contributed by atoms with Crippen molar-refractivity contribution in [2.45, 2.75) is 12.5 Å². The molecule has 2 N–H and O–H groups in total. The first-order valence-electron chi connectivity index (χ1n) is 5.43. The Morgan fingerprint density at radius 2 is 2.29 bits per heavy atom. The second-order valence-electron chi connectivity index (χ2n) is 3.82. The number of amides is 2. The summed E-state index contributed by atoms with van der Waals surface area (Å²) in [5.74, 6) is -0.185. The van der Waals surface area contributed by atoms with Gasteiger partial charge in [-0.25, -0.2) is 0 Å². The van der Waals surface area contributed by atoms with Crippen molar-refractivity contribution < 1.29 is 14.3 Å². The van der Waals surface area contributed by atoms with Crippen LogP contribution < -0.4 is 10.6 Å². The lowest BCUT2D eigenvalue weighted by Crippen LogP contribution is -2.49. The van der Waals surface area contributed by atoms with E-state index in [9.17, 15) is 9.59 Å². The molecule has 1 aromatic heterocycles. The van der Waals surface area contributed by atoms with Crippen molar-refractivity contribution in [3.63, 3.8) is 0 Å². The van der Waals surface area contributed by atoms with E-state index >= 15 is 0 Å². The van der Waals surface area contributed by atoms with Crippen LogP contribution in [0, 0.1) is 0 Å². The summed E-state index contributed by atoms with van der Waals surface area (Å²) in [6.07, 6.45) is 0.298. The summed E-state index contributed by atoms with van der Waals surface area (Å²) in [6.45, 7) is 1.54. The van der Waals surface area contributed by atoms with Crippen LogP contribution in [0.3, 0.4) is 0 Å². The Morgan fingerprint density at radius 3 is 2.88 bits per heavy atom. The predicted octanol–water partition coefficient (Wildman–Crippen LogP) is 0.383. The Balaban J connectivity index is 1.62. The average molecular weight is 254 g/mol. The lowest BCUT2D eigenvalue weighted by Gasteiger charge is -2.26. The van der Waals surface area contributed by atoms with Gasteiger partial charge in [0.1, 0.15) is 0 Å². The SMILES string of the molecule is O=C(CCNC(=O)c1ccsc1)NC1COC1. The summed E-state index contributed by atoms with van der Waals surface area (Å²) in [4.78, 5) is 22.9. The number of carbonyl (C=O) groups excluding carboxylic acids is 2. The molecule has 6 heteroatoms. The van der Waals surface area contributed by atoms with E-state index in [0.29, 0.717) is 31.7 Å². The third-order valence-corrected chi connectivity index (χ3v) is 3.11. The Kier molecular flexibility index (Phi) is 4.11. The van der Waals surface area contributed by atoms with Gasteiger partial charge in [0.2, 0.25) is 5.91 Å². The van der Waals surface area contributed by atoms with Crippen molar-refractivity contribution in [2.75, 3.05) is 19.8 Å². The van der Waals surface area contributed by atoms with Gasteiger partial charge in [-0.1, -0.05) is 0 Å². The van der Waals surface area contributed by atoms with Crippen LogP contribution in [0.1, 0.15) is 16.8 Å². The highest BCUT2D eigenvalue weighted by atomic mass is 32.1. The van der Waals surface area contributed by atoms with Crippen LogP contribution in [0.15, 0.2) is 16.8 Å². The summed E-state index contributed by atoms with van der Waals surface area (Å²) < 4.78 is 4.94. The van der Waals surface area contributed by atoms with E-state index in [1.807, 2.05) is 5.38 Å². The van der Waals surface area contributed by atoms with Gasteiger partial charge < -0.3 is 15.4 Å². The van der Waals surface area contributed by atoms with Gasteiger partial charge in [0.15, 0.2) is 0 Å². The molecule has 92 valence electrons. The lowest BCUT2D eigenvalue weighted by molar-refractivity contribution is -0.125. The smallest absolute Gasteiger partial charge is 0.252 e. The molecule has 0 aromatic carbocycles. The monoisotopic (exact) mass is 254 g/mol. The van der Waals surface area contributed by atoms with Crippen LogP contribution in [0.25, 0.3) is 0 Å². The highest BCUT2D eigenvalue weighted by Crippen LogP contribution is 2.05. The van der Waals surface area contributed by atoms with E-state index in [1.165, 1.54) is 11.3 Å². The molecule has 17 heavy (non-hydrogen) atoms. The molecule has 0 bridgehead atoms. The second kappa shape index (κ2) is 5.79. The van der Waals surface area contributed by atoms with Gasteiger partial charge in [-0.05, 0) is 11.4 Å². The van der Waals surface area contributed by atoms with Gasteiger partial charge in [0.05, 0.1) is 19.3 Å². The minimum atomic E-state index is -0.133. The number of nitrogens with one attached hydrogen (secondary N) is 2. The van der Waals surface area contributed by atoms with Crippen molar-refractivity contribution >= 4 is 23.2 Å². The van der Waals surface area contributed by atoms with Gasteiger partial charge >= 0.3 is 0 Å². The zero-order valence-electron chi connectivity index (χ0n) is 9.27. The lowest BCUT2D eigenvalue weighted by atomic mass is 10.2. The largest absolute Gasteiger partial charge is 0.377 e. The molecule has 0 unspecified atom stereocenters. The molecule has 0 radical (unpaired) electrons. The fourth-order valence-electron chi connectivity index (χ4n) is 1.40. The van der Waals surface area contributed by atoms with E-state index < -0.39 is 0 Å². The Labute approximate surface area is 103 Å². The minimum absolute atomic E-state index is 0.0519. The molecule has 0 atom stereocenters. The highest BCUT2D eigenvalue weighted by Gasteiger charge is 2.19. The Hall–Kier alpha value is -1.40. The third-order valence-electron chi connectivity index (χ3n) is 2.42. The summed E-state index contributed by atoms with van der Waals surface area (Å²) in [7, 11) is 0. The number of hydrogen-bond acceptors (Lipinski definition) is 4. The maximum Gasteiger partial charge on any atom is 0.252 e. The van der Waals surface area contributed by atoms with E-state index in [4.69, 9.17) is 4.74 Å². The molecule has 5 nitrogen and oxygen atoms in total. The first kappa shape index (κ1) is 12.1. The third kappa shape index (κ3) is 3.54. The molecule has 2 heterocycles. The van der Waals surface area contributed by atoms with Crippen molar-refractivity contribution in [3.8, 4) is 0 Å². The standard InChI is InChI=1S/C11H14N2O3S/c14-10(13-9-5-16-6-9)1-3-12-11(15)8-2-4-17-7-8/h2,4,7,9H,1,3,5-6H2,(H,12,15)(H,13,14). The molecule has 1 saturated heterocycles. The van der Waals surface area contributed by atoms with Gasteiger partial charge in [0, 0.05) is 23.9 Å². The van der Waals surface area contributed by atoms with Crippen LogP contribution in [-0.4, -0.2) is 37.6 Å². The van der Waals surface area contributed by atoms with Crippen LogP contribution in [0.4, 0.5) is 0 Å². The van der Waals surface area contributed by atoms with Gasteiger partial charge in [-0.2, -0.15) is 11.3 Å². The van der Waals surface area contributed by atoms with E-state index in [0.717, 1.165) is 0 Å². The first-order valence-corrected chi connectivity index (χ1v) is 6.37. The zero-order valence-corrected chi connectivity index (χ0v) is 10.1. The number of carbonyl (C=O) groups is 2. The molecular formula is C11H14N2O3S. The summed E-state index contributed by atoms with van der Waals surface area (Å²) >= 11 is 1.47. The molecule has 2 rings (SSSR count). The Morgan fingerprint density at radius 1 is 1.47 bits per heavy atom. The highest BCUT2D eigenvalue weighted by molar-refractivity contribution is 7.08.